The van der Waals surface area contributed by atoms with Crippen molar-refractivity contribution >= 4 is 11.8 Å². The van der Waals surface area contributed by atoms with Crippen molar-refractivity contribution in [1.82, 2.24) is 15.3 Å². The van der Waals surface area contributed by atoms with E-state index in [9.17, 15) is 9.59 Å². The van der Waals surface area contributed by atoms with E-state index in [4.69, 9.17) is 15.2 Å². The van der Waals surface area contributed by atoms with Gasteiger partial charge in [-0.15, -0.1) is 0 Å². The molecule has 0 bridgehead atoms. The second-order valence-electron chi connectivity index (χ2n) is 7.90. The SMILES string of the molecule is NC(=O)C(NC(=O)Cc1cnc[nH]1)C(OCc1ccccc1)c1ccc(Oc2ccccc2)cc1. The second-order valence-corrected chi connectivity index (χ2v) is 7.90. The van der Waals surface area contributed by atoms with Gasteiger partial charge in [0.25, 0.3) is 0 Å². The van der Waals surface area contributed by atoms with Gasteiger partial charge in [0.2, 0.25) is 11.8 Å². The average molecular weight is 471 g/mol. The first kappa shape index (κ1) is 23.7. The van der Waals surface area contributed by atoms with Gasteiger partial charge in [0, 0.05) is 11.9 Å². The molecule has 0 saturated heterocycles. The lowest BCUT2D eigenvalue weighted by molar-refractivity contribution is -0.131. The summed E-state index contributed by atoms with van der Waals surface area (Å²) in [6.07, 6.45) is 2.25. The normalized spacial score (nSPS) is 12.5. The number of nitrogens with one attached hydrogen (secondary N) is 2. The van der Waals surface area contributed by atoms with Gasteiger partial charge in [0.1, 0.15) is 23.6 Å². The largest absolute Gasteiger partial charge is 0.457 e. The maximum atomic E-state index is 12.7. The molecule has 178 valence electrons. The van der Waals surface area contributed by atoms with E-state index >= 15 is 0 Å². The Hall–Kier alpha value is -4.43. The van der Waals surface area contributed by atoms with Crippen LogP contribution in [0.2, 0.25) is 0 Å². The Kier molecular flexibility index (Phi) is 7.88. The summed E-state index contributed by atoms with van der Waals surface area (Å²) in [6.45, 7) is 0.230. The molecule has 0 aliphatic heterocycles. The molecule has 2 atom stereocenters. The fourth-order valence-electron chi connectivity index (χ4n) is 3.57. The molecule has 1 aromatic heterocycles. The van der Waals surface area contributed by atoms with E-state index in [0.717, 1.165) is 5.56 Å². The number of nitrogens with two attached hydrogens (primary N) is 1. The van der Waals surface area contributed by atoms with Crippen molar-refractivity contribution in [3.63, 3.8) is 0 Å². The Labute approximate surface area is 203 Å². The number of hydrogen-bond acceptors (Lipinski definition) is 5. The van der Waals surface area contributed by atoms with E-state index in [1.54, 1.807) is 30.5 Å². The zero-order valence-corrected chi connectivity index (χ0v) is 19.0. The number of hydrogen-bond donors (Lipinski definition) is 3. The van der Waals surface area contributed by atoms with Crippen LogP contribution in [0.15, 0.2) is 97.5 Å². The van der Waals surface area contributed by atoms with E-state index in [1.807, 2.05) is 60.7 Å². The molecule has 4 N–H and O–H groups in total. The van der Waals surface area contributed by atoms with Crippen LogP contribution in [-0.2, 0) is 27.4 Å². The van der Waals surface area contributed by atoms with Crippen molar-refractivity contribution < 1.29 is 19.1 Å². The number of nitrogens with zero attached hydrogens (tertiary/aromatic N) is 1. The van der Waals surface area contributed by atoms with Gasteiger partial charge in [-0.25, -0.2) is 4.98 Å². The number of benzene rings is 3. The summed E-state index contributed by atoms with van der Waals surface area (Å²) in [7, 11) is 0. The lowest BCUT2D eigenvalue weighted by Crippen LogP contribution is -2.49. The summed E-state index contributed by atoms with van der Waals surface area (Å²) in [5, 5.41) is 2.73. The molecular formula is C27H26N4O4. The molecule has 2 unspecified atom stereocenters. The zero-order chi connectivity index (χ0) is 24.5. The highest BCUT2D eigenvalue weighted by molar-refractivity contribution is 5.88. The molecule has 2 amide bonds. The minimum atomic E-state index is -1.09. The highest BCUT2D eigenvalue weighted by atomic mass is 16.5. The molecule has 8 nitrogen and oxygen atoms in total. The second kappa shape index (κ2) is 11.6. The van der Waals surface area contributed by atoms with Crippen molar-refractivity contribution in [3.8, 4) is 11.5 Å². The van der Waals surface area contributed by atoms with Gasteiger partial charge in [-0.05, 0) is 35.4 Å². The van der Waals surface area contributed by atoms with Gasteiger partial charge in [0.15, 0.2) is 0 Å². The van der Waals surface area contributed by atoms with Gasteiger partial charge in [-0.3, -0.25) is 9.59 Å². The lowest BCUT2D eigenvalue weighted by atomic mass is 10.0. The Morgan fingerprint density at radius 1 is 0.914 bits per heavy atom. The van der Waals surface area contributed by atoms with Gasteiger partial charge >= 0.3 is 0 Å². The standard InChI is InChI=1S/C27H26N4O4/c28-27(33)25(31-24(32)15-21-16-29-18-30-21)26(34-17-19-7-3-1-4-8-19)20-11-13-23(14-12-20)35-22-9-5-2-6-10-22/h1-14,16,18,25-26H,15,17H2,(H2,28,33)(H,29,30)(H,31,32). The quantitative estimate of drug-likeness (QED) is 0.309. The van der Waals surface area contributed by atoms with E-state index in [-0.39, 0.29) is 18.9 Å². The molecule has 35 heavy (non-hydrogen) atoms. The third-order valence-corrected chi connectivity index (χ3v) is 5.29. The molecule has 0 aliphatic carbocycles. The molecule has 1 heterocycles. The molecule has 0 spiro atoms. The third-order valence-electron chi connectivity index (χ3n) is 5.29. The van der Waals surface area contributed by atoms with Crippen LogP contribution in [-0.4, -0.2) is 27.8 Å². The molecule has 0 aliphatic rings. The number of primary amides is 1. The fourth-order valence-corrected chi connectivity index (χ4v) is 3.57. The van der Waals surface area contributed by atoms with E-state index in [2.05, 4.69) is 15.3 Å². The van der Waals surface area contributed by atoms with Gasteiger partial charge < -0.3 is 25.5 Å². The lowest BCUT2D eigenvalue weighted by Gasteiger charge is -2.26. The van der Waals surface area contributed by atoms with Crippen LogP contribution in [0.5, 0.6) is 11.5 Å². The summed E-state index contributed by atoms with van der Waals surface area (Å²) < 4.78 is 12.0. The molecule has 4 rings (SSSR count). The van der Waals surface area contributed by atoms with Crippen LogP contribution in [0.3, 0.4) is 0 Å². The number of carbonyl (C=O) groups excluding carboxylic acids is 2. The topological polar surface area (TPSA) is 119 Å². The first-order valence-electron chi connectivity index (χ1n) is 11.1. The van der Waals surface area contributed by atoms with Gasteiger partial charge in [-0.2, -0.15) is 0 Å². The van der Waals surface area contributed by atoms with E-state index < -0.39 is 18.1 Å². The highest BCUT2D eigenvalue weighted by Gasteiger charge is 2.31. The Morgan fingerprint density at radius 3 is 2.20 bits per heavy atom. The number of imidazole rings is 1. The maximum Gasteiger partial charge on any atom is 0.243 e. The Balaban J connectivity index is 1.54. The molecule has 4 aromatic rings. The third kappa shape index (κ3) is 6.78. The molecule has 0 radical (unpaired) electrons. The number of rotatable bonds is 11. The number of ether oxygens (including phenoxy) is 2. The van der Waals surface area contributed by atoms with Crippen LogP contribution in [0, 0.1) is 0 Å². The minimum absolute atomic E-state index is 0.0268. The highest BCUT2D eigenvalue weighted by Crippen LogP contribution is 2.27. The molecule has 3 aromatic carbocycles. The number of amides is 2. The summed E-state index contributed by atoms with van der Waals surface area (Å²) in [6, 6.07) is 25.0. The molecular weight excluding hydrogens is 444 g/mol. The van der Waals surface area contributed by atoms with E-state index in [1.165, 1.54) is 6.33 Å². The number of carbonyl (C=O) groups is 2. The van der Waals surface area contributed by atoms with Crippen LogP contribution < -0.4 is 15.8 Å². The monoisotopic (exact) mass is 470 g/mol. The van der Waals surface area contributed by atoms with Crippen LogP contribution in [0.25, 0.3) is 0 Å². The van der Waals surface area contributed by atoms with Crippen molar-refractivity contribution in [1.29, 1.82) is 0 Å². The number of aromatic nitrogens is 2. The van der Waals surface area contributed by atoms with Crippen molar-refractivity contribution in [2.75, 3.05) is 0 Å². The summed E-state index contributed by atoms with van der Waals surface area (Å²) in [5.41, 5.74) is 7.94. The van der Waals surface area contributed by atoms with Gasteiger partial charge in [-0.1, -0.05) is 60.7 Å². The average Bonchev–Trinajstić information content (AvgIpc) is 3.38. The summed E-state index contributed by atoms with van der Waals surface area (Å²) >= 11 is 0. The Morgan fingerprint density at radius 2 is 1.57 bits per heavy atom. The number of para-hydroxylation sites is 1. The first-order valence-corrected chi connectivity index (χ1v) is 11.1. The number of H-pyrrole nitrogens is 1. The molecule has 8 heteroatoms. The number of aromatic amines is 1. The first-order chi connectivity index (χ1) is 17.1. The van der Waals surface area contributed by atoms with Crippen LogP contribution >= 0.6 is 0 Å². The summed E-state index contributed by atoms with van der Waals surface area (Å²) in [5.74, 6) is 0.250. The van der Waals surface area contributed by atoms with Crippen LogP contribution in [0.1, 0.15) is 22.9 Å². The molecule has 0 saturated carbocycles. The smallest absolute Gasteiger partial charge is 0.243 e. The van der Waals surface area contributed by atoms with Crippen molar-refractivity contribution in [3.05, 3.63) is 114 Å². The van der Waals surface area contributed by atoms with Crippen molar-refractivity contribution in [2.45, 2.75) is 25.2 Å². The maximum absolute atomic E-state index is 12.7. The Bertz CT molecular complexity index is 1210. The summed E-state index contributed by atoms with van der Waals surface area (Å²) in [4.78, 5) is 31.9. The predicted molar refractivity (Wildman–Crippen MR) is 130 cm³/mol. The zero-order valence-electron chi connectivity index (χ0n) is 19.0. The fraction of sp³-hybridized carbons (Fsp3) is 0.148. The predicted octanol–water partition coefficient (Wildman–Crippen LogP) is 3.67. The minimum Gasteiger partial charge on any atom is -0.457 e. The molecule has 0 fully saturated rings. The van der Waals surface area contributed by atoms with Crippen molar-refractivity contribution in [2.24, 2.45) is 5.73 Å². The van der Waals surface area contributed by atoms with E-state index in [0.29, 0.717) is 22.8 Å². The van der Waals surface area contributed by atoms with Crippen LogP contribution in [0.4, 0.5) is 0 Å². The van der Waals surface area contributed by atoms with Gasteiger partial charge in [0.05, 0.1) is 19.4 Å².